The van der Waals surface area contributed by atoms with Crippen molar-refractivity contribution in [3.05, 3.63) is 0 Å². The second-order valence-electron chi connectivity index (χ2n) is 7.22. The van der Waals surface area contributed by atoms with E-state index in [-0.39, 0.29) is 11.4 Å². The van der Waals surface area contributed by atoms with Gasteiger partial charge in [0.1, 0.15) is 0 Å². The predicted molar refractivity (Wildman–Crippen MR) is 89.0 cm³/mol. The summed E-state index contributed by atoms with van der Waals surface area (Å²) in [5.74, 6) is 0.168. The van der Waals surface area contributed by atoms with Gasteiger partial charge in [0.15, 0.2) is 0 Å². The molecule has 1 N–H and O–H groups in total. The Morgan fingerprint density at radius 1 is 1.23 bits per heavy atom. The first-order valence-corrected chi connectivity index (χ1v) is 8.86. The number of carbonyl (C=O) groups excluding carboxylic acids is 1. The van der Waals surface area contributed by atoms with E-state index in [1.54, 1.807) is 0 Å². The predicted octanol–water partition coefficient (Wildman–Crippen LogP) is 1.48. The first-order chi connectivity index (χ1) is 10.5. The molecule has 2 heterocycles. The van der Waals surface area contributed by atoms with Gasteiger partial charge in [0.2, 0.25) is 5.91 Å². The number of hydrogen-bond acceptors (Lipinski definition) is 4. The first-order valence-electron chi connectivity index (χ1n) is 8.86. The molecule has 128 valence electrons. The van der Waals surface area contributed by atoms with Crippen LogP contribution < -0.4 is 5.32 Å². The summed E-state index contributed by atoms with van der Waals surface area (Å²) in [6.45, 7) is 12.4. The lowest BCUT2D eigenvalue weighted by molar-refractivity contribution is -0.124. The first kappa shape index (κ1) is 17.7. The van der Waals surface area contributed by atoms with Crippen molar-refractivity contribution in [3.8, 4) is 0 Å². The van der Waals surface area contributed by atoms with Crippen molar-refractivity contribution in [3.63, 3.8) is 0 Å². The molecule has 22 heavy (non-hydrogen) atoms. The van der Waals surface area contributed by atoms with Crippen LogP contribution in [0.3, 0.4) is 0 Å². The summed E-state index contributed by atoms with van der Waals surface area (Å²) in [4.78, 5) is 17.1. The number of piperidine rings is 1. The number of likely N-dealkylation sites (tertiary alicyclic amines) is 1. The summed E-state index contributed by atoms with van der Waals surface area (Å²) in [5.41, 5.74) is -0.00844. The molecule has 1 atom stereocenters. The van der Waals surface area contributed by atoms with E-state index in [9.17, 15) is 4.79 Å². The SMILES string of the molecule is CCC1CCCCN1CC(=O)NCC(C)(C)N1CCOCC1. The van der Waals surface area contributed by atoms with Gasteiger partial charge in [0, 0.05) is 31.2 Å². The average molecular weight is 311 g/mol. The maximum atomic E-state index is 12.3. The van der Waals surface area contributed by atoms with Crippen molar-refractivity contribution in [2.24, 2.45) is 0 Å². The fraction of sp³-hybridized carbons (Fsp3) is 0.941. The smallest absolute Gasteiger partial charge is 0.234 e. The quantitative estimate of drug-likeness (QED) is 0.807. The highest BCUT2D eigenvalue weighted by Gasteiger charge is 2.29. The molecule has 0 aromatic carbocycles. The molecule has 0 radical (unpaired) electrons. The topological polar surface area (TPSA) is 44.8 Å². The van der Waals surface area contributed by atoms with Crippen LogP contribution in [0.2, 0.25) is 0 Å². The zero-order chi connectivity index (χ0) is 16.0. The largest absolute Gasteiger partial charge is 0.379 e. The number of hydrogen-bond donors (Lipinski definition) is 1. The Kier molecular flexibility index (Phi) is 6.66. The van der Waals surface area contributed by atoms with Crippen LogP contribution in [0.25, 0.3) is 0 Å². The van der Waals surface area contributed by atoms with E-state index in [0.717, 1.165) is 39.3 Å². The van der Waals surface area contributed by atoms with Crippen LogP contribution in [0.1, 0.15) is 46.5 Å². The number of nitrogens with zero attached hydrogens (tertiary/aromatic N) is 2. The second kappa shape index (κ2) is 8.27. The van der Waals surface area contributed by atoms with E-state index in [1.807, 2.05) is 0 Å². The zero-order valence-corrected chi connectivity index (χ0v) is 14.6. The minimum absolute atomic E-state index is 0.00844. The Morgan fingerprint density at radius 3 is 2.64 bits per heavy atom. The molecule has 0 bridgehead atoms. The van der Waals surface area contributed by atoms with Gasteiger partial charge in [-0.25, -0.2) is 0 Å². The average Bonchev–Trinajstić information content (AvgIpc) is 2.54. The molecule has 2 saturated heterocycles. The Hall–Kier alpha value is -0.650. The van der Waals surface area contributed by atoms with Crippen LogP contribution in [0.15, 0.2) is 0 Å². The lowest BCUT2D eigenvalue weighted by Crippen LogP contribution is -2.56. The van der Waals surface area contributed by atoms with Crippen LogP contribution in [-0.2, 0) is 9.53 Å². The Labute approximate surface area is 135 Å². The van der Waals surface area contributed by atoms with Gasteiger partial charge < -0.3 is 10.1 Å². The molecule has 0 saturated carbocycles. The molecule has 5 heteroatoms. The summed E-state index contributed by atoms with van der Waals surface area (Å²) in [6.07, 6.45) is 4.92. The molecule has 0 spiro atoms. The van der Waals surface area contributed by atoms with Crippen LogP contribution in [0, 0.1) is 0 Å². The molecule has 1 unspecified atom stereocenters. The maximum Gasteiger partial charge on any atom is 0.234 e. The molecule has 2 fully saturated rings. The Morgan fingerprint density at radius 2 is 1.95 bits per heavy atom. The molecular weight excluding hydrogens is 278 g/mol. The van der Waals surface area contributed by atoms with Gasteiger partial charge >= 0.3 is 0 Å². The summed E-state index contributed by atoms with van der Waals surface area (Å²) in [5, 5.41) is 3.15. The van der Waals surface area contributed by atoms with Crippen LogP contribution >= 0.6 is 0 Å². The highest BCUT2D eigenvalue weighted by atomic mass is 16.5. The van der Waals surface area contributed by atoms with E-state index in [2.05, 4.69) is 35.9 Å². The van der Waals surface area contributed by atoms with Gasteiger partial charge in [0.05, 0.1) is 19.8 Å². The van der Waals surface area contributed by atoms with Crippen molar-refractivity contribution >= 4 is 5.91 Å². The highest BCUT2D eigenvalue weighted by molar-refractivity contribution is 5.78. The second-order valence-corrected chi connectivity index (χ2v) is 7.22. The van der Waals surface area contributed by atoms with Gasteiger partial charge in [-0.2, -0.15) is 0 Å². The maximum absolute atomic E-state index is 12.3. The van der Waals surface area contributed by atoms with Crippen molar-refractivity contribution < 1.29 is 9.53 Å². The highest BCUT2D eigenvalue weighted by Crippen LogP contribution is 2.19. The molecule has 0 aromatic rings. The van der Waals surface area contributed by atoms with Crippen molar-refractivity contribution in [2.75, 3.05) is 45.9 Å². The zero-order valence-electron chi connectivity index (χ0n) is 14.6. The van der Waals surface area contributed by atoms with Crippen LogP contribution in [0.5, 0.6) is 0 Å². The summed E-state index contributed by atoms with van der Waals surface area (Å²) < 4.78 is 5.41. The number of ether oxygens (including phenoxy) is 1. The monoisotopic (exact) mass is 311 g/mol. The van der Waals surface area contributed by atoms with Gasteiger partial charge in [-0.05, 0) is 39.7 Å². The molecular formula is C17H33N3O2. The number of rotatable bonds is 6. The Balaban J connectivity index is 1.76. The number of amides is 1. The summed E-state index contributed by atoms with van der Waals surface area (Å²) in [6, 6.07) is 0.590. The van der Waals surface area contributed by atoms with Gasteiger partial charge in [-0.3, -0.25) is 14.6 Å². The summed E-state index contributed by atoms with van der Waals surface area (Å²) >= 11 is 0. The van der Waals surface area contributed by atoms with Gasteiger partial charge in [-0.15, -0.1) is 0 Å². The van der Waals surface area contributed by atoms with Gasteiger partial charge in [0.25, 0.3) is 0 Å². The minimum Gasteiger partial charge on any atom is -0.379 e. The normalized spacial score (nSPS) is 25.1. The lowest BCUT2D eigenvalue weighted by atomic mass is 10.00. The molecule has 0 aliphatic carbocycles. The van der Waals surface area contributed by atoms with E-state index >= 15 is 0 Å². The molecule has 0 aromatic heterocycles. The van der Waals surface area contributed by atoms with E-state index in [1.165, 1.54) is 19.3 Å². The van der Waals surface area contributed by atoms with Crippen molar-refractivity contribution in [2.45, 2.75) is 58.0 Å². The standard InChI is InChI=1S/C17H33N3O2/c1-4-15-7-5-6-8-19(15)13-16(21)18-14-17(2,3)20-9-11-22-12-10-20/h15H,4-14H2,1-3H3,(H,18,21). The number of carbonyl (C=O) groups is 1. The molecule has 2 aliphatic heterocycles. The van der Waals surface area contributed by atoms with Gasteiger partial charge in [-0.1, -0.05) is 13.3 Å². The third-order valence-corrected chi connectivity index (χ3v) is 5.15. The molecule has 2 aliphatic rings. The van der Waals surface area contributed by atoms with E-state index in [0.29, 0.717) is 19.1 Å². The van der Waals surface area contributed by atoms with Crippen molar-refractivity contribution in [1.82, 2.24) is 15.1 Å². The molecule has 1 amide bonds. The van der Waals surface area contributed by atoms with Crippen molar-refractivity contribution in [1.29, 1.82) is 0 Å². The third kappa shape index (κ3) is 4.93. The Bertz CT molecular complexity index is 354. The minimum atomic E-state index is -0.00844. The fourth-order valence-electron chi connectivity index (χ4n) is 3.57. The van der Waals surface area contributed by atoms with Crippen LogP contribution in [0.4, 0.5) is 0 Å². The number of morpholine rings is 1. The third-order valence-electron chi connectivity index (χ3n) is 5.15. The number of nitrogens with one attached hydrogen (secondary N) is 1. The fourth-order valence-corrected chi connectivity index (χ4v) is 3.57. The lowest BCUT2D eigenvalue weighted by Gasteiger charge is -2.41. The molecule has 5 nitrogen and oxygen atoms in total. The van der Waals surface area contributed by atoms with E-state index < -0.39 is 0 Å². The summed E-state index contributed by atoms with van der Waals surface area (Å²) in [7, 11) is 0. The van der Waals surface area contributed by atoms with Crippen LogP contribution in [-0.4, -0.2) is 73.2 Å². The molecule has 2 rings (SSSR count). The van der Waals surface area contributed by atoms with E-state index in [4.69, 9.17) is 4.74 Å².